The van der Waals surface area contributed by atoms with Crippen molar-refractivity contribution in [3.63, 3.8) is 0 Å². The number of hydrogen-bond acceptors (Lipinski definition) is 5. The predicted octanol–water partition coefficient (Wildman–Crippen LogP) is 4.36. The number of para-hydroxylation sites is 1. The predicted molar refractivity (Wildman–Crippen MR) is 138 cm³/mol. The van der Waals surface area contributed by atoms with Gasteiger partial charge in [0.05, 0.1) is 16.5 Å². The number of fused-ring (bicyclic) bond motifs is 2. The van der Waals surface area contributed by atoms with E-state index >= 15 is 0 Å². The number of nitrogens with one attached hydrogen (secondary N) is 1. The lowest BCUT2D eigenvalue weighted by molar-refractivity contribution is 0.0685. The molecule has 2 aromatic carbocycles. The molecule has 1 saturated carbocycles. The Morgan fingerprint density at radius 3 is 2.81 bits per heavy atom. The first kappa shape index (κ1) is 22.7. The Kier molecular flexibility index (Phi) is 5.33. The van der Waals surface area contributed by atoms with Crippen LogP contribution in [0.3, 0.4) is 0 Å². The van der Waals surface area contributed by atoms with Crippen LogP contribution in [0.4, 0.5) is 9.52 Å². The number of nitrogen functional groups attached to an aromatic ring is 1. The molecule has 1 aliphatic heterocycles. The lowest BCUT2D eigenvalue weighted by Gasteiger charge is -2.27. The highest BCUT2D eigenvalue weighted by molar-refractivity contribution is 7.19. The number of amides is 2. The Balaban J connectivity index is 1.25. The maximum Gasteiger partial charge on any atom is 0.274 e. The standard InChI is InChI=1S/C27H26FN5O2S/c1-14-22(19-8-3-4-9-20(19)32(14)2)25(34)30-13-18-11-16-12-21(16)33(18)26(35)23-24(36-27(29)31-23)15-6-5-7-17(28)10-15/h3-10,16,18,21H,11-13H2,1-2H3,(H2,29,31)(H,30,34)/t16-,18+,21+/m1/s1. The van der Waals surface area contributed by atoms with Crippen molar-refractivity contribution in [3.8, 4) is 10.4 Å². The normalized spacial score (nSPS) is 20.5. The second kappa shape index (κ2) is 8.44. The number of rotatable bonds is 5. The zero-order valence-electron chi connectivity index (χ0n) is 20.0. The van der Waals surface area contributed by atoms with E-state index in [1.807, 2.05) is 47.7 Å². The fraction of sp³-hybridized carbons (Fsp3) is 0.296. The molecule has 3 N–H and O–H groups in total. The summed E-state index contributed by atoms with van der Waals surface area (Å²) in [6.45, 7) is 2.30. The quantitative estimate of drug-likeness (QED) is 0.423. The van der Waals surface area contributed by atoms with Gasteiger partial charge in [-0.15, -0.1) is 0 Å². The van der Waals surface area contributed by atoms with Crippen LogP contribution in [0, 0.1) is 18.7 Å². The van der Waals surface area contributed by atoms with Crippen LogP contribution >= 0.6 is 11.3 Å². The van der Waals surface area contributed by atoms with Crippen molar-refractivity contribution in [1.82, 2.24) is 19.8 Å². The SMILES string of the molecule is Cc1c(C(=O)NC[C@@H]2C[C@@H]3C[C@@H]3N2C(=O)c2nc(N)sc2-c2cccc(F)c2)c2ccccc2n1C. The van der Waals surface area contributed by atoms with Crippen LogP contribution in [0.1, 0.15) is 39.4 Å². The van der Waals surface area contributed by atoms with Gasteiger partial charge in [0.1, 0.15) is 11.5 Å². The Morgan fingerprint density at radius 2 is 2.00 bits per heavy atom. The highest BCUT2D eigenvalue weighted by atomic mass is 32.1. The van der Waals surface area contributed by atoms with Crippen molar-refractivity contribution in [2.75, 3.05) is 12.3 Å². The van der Waals surface area contributed by atoms with Crippen LogP contribution < -0.4 is 11.1 Å². The molecule has 2 fully saturated rings. The minimum Gasteiger partial charge on any atom is -0.375 e. The van der Waals surface area contributed by atoms with Gasteiger partial charge in [0, 0.05) is 36.2 Å². The van der Waals surface area contributed by atoms with Gasteiger partial charge < -0.3 is 20.5 Å². The summed E-state index contributed by atoms with van der Waals surface area (Å²) < 4.78 is 15.9. The summed E-state index contributed by atoms with van der Waals surface area (Å²) in [6, 6.07) is 14.0. The molecule has 36 heavy (non-hydrogen) atoms. The summed E-state index contributed by atoms with van der Waals surface area (Å²) in [5.74, 6) is -0.308. The first-order chi connectivity index (χ1) is 17.3. The van der Waals surface area contributed by atoms with Gasteiger partial charge in [-0.25, -0.2) is 9.37 Å². The van der Waals surface area contributed by atoms with E-state index in [2.05, 4.69) is 10.3 Å². The summed E-state index contributed by atoms with van der Waals surface area (Å²) in [7, 11) is 1.95. The van der Waals surface area contributed by atoms with Gasteiger partial charge in [0.15, 0.2) is 5.13 Å². The molecule has 9 heteroatoms. The largest absolute Gasteiger partial charge is 0.375 e. The number of aryl methyl sites for hydroxylation is 1. The summed E-state index contributed by atoms with van der Waals surface area (Å²) in [5, 5.41) is 4.26. The number of halogens is 1. The Hall–Kier alpha value is -3.72. The zero-order valence-corrected chi connectivity index (χ0v) is 20.8. The third kappa shape index (κ3) is 3.65. The fourth-order valence-electron chi connectivity index (χ4n) is 5.59. The van der Waals surface area contributed by atoms with E-state index in [-0.39, 0.29) is 40.5 Å². The lowest BCUT2D eigenvalue weighted by Crippen LogP contribution is -2.45. The molecular weight excluding hydrogens is 477 g/mol. The number of aromatic nitrogens is 2. The molecule has 6 rings (SSSR count). The Bertz CT molecular complexity index is 1530. The molecule has 4 aromatic rings. The number of benzene rings is 2. The number of piperidine rings is 1. The van der Waals surface area contributed by atoms with Crippen molar-refractivity contribution in [1.29, 1.82) is 0 Å². The number of nitrogens with two attached hydrogens (primary N) is 1. The maximum atomic E-state index is 13.9. The minimum atomic E-state index is -0.384. The zero-order chi connectivity index (χ0) is 25.1. The van der Waals surface area contributed by atoms with Crippen molar-refractivity contribution in [2.45, 2.75) is 31.8 Å². The number of carbonyl (C=O) groups excluding carboxylic acids is 2. The van der Waals surface area contributed by atoms with Gasteiger partial charge >= 0.3 is 0 Å². The average Bonchev–Trinajstić information content (AvgIpc) is 3.23. The Labute approximate surface area is 211 Å². The van der Waals surface area contributed by atoms with E-state index in [1.54, 1.807) is 12.1 Å². The number of hydrogen-bond donors (Lipinski definition) is 2. The van der Waals surface area contributed by atoms with Crippen molar-refractivity contribution in [2.24, 2.45) is 13.0 Å². The first-order valence-electron chi connectivity index (χ1n) is 12.0. The minimum absolute atomic E-state index is 0.135. The van der Waals surface area contributed by atoms with Crippen LogP contribution in [0.2, 0.25) is 0 Å². The van der Waals surface area contributed by atoms with Crippen LogP contribution in [0.25, 0.3) is 21.3 Å². The summed E-state index contributed by atoms with van der Waals surface area (Å²) >= 11 is 1.18. The summed E-state index contributed by atoms with van der Waals surface area (Å²) in [5.41, 5.74) is 9.37. The molecular formula is C27H26FN5O2S. The smallest absolute Gasteiger partial charge is 0.274 e. The molecule has 3 heterocycles. The molecule has 7 nitrogen and oxygen atoms in total. The van der Waals surface area contributed by atoms with Gasteiger partial charge in [-0.05, 0) is 49.4 Å². The van der Waals surface area contributed by atoms with Crippen LogP contribution in [-0.2, 0) is 7.05 Å². The van der Waals surface area contributed by atoms with Crippen molar-refractivity contribution < 1.29 is 14.0 Å². The second-order valence-electron chi connectivity index (χ2n) is 9.65. The third-order valence-corrected chi connectivity index (χ3v) is 8.44. The highest BCUT2D eigenvalue weighted by Gasteiger charge is 2.54. The molecule has 1 saturated heterocycles. The van der Waals surface area contributed by atoms with Crippen LogP contribution in [0.15, 0.2) is 48.5 Å². The summed E-state index contributed by atoms with van der Waals surface area (Å²) in [6.07, 6.45) is 1.79. The molecule has 184 valence electrons. The molecule has 2 aromatic heterocycles. The topological polar surface area (TPSA) is 93.2 Å². The molecule has 0 unspecified atom stereocenters. The van der Waals surface area contributed by atoms with Crippen molar-refractivity contribution in [3.05, 3.63) is 71.3 Å². The van der Waals surface area contributed by atoms with E-state index in [1.165, 1.54) is 23.5 Å². The molecule has 0 radical (unpaired) electrons. The summed E-state index contributed by atoms with van der Waals surface area (Å²) in [4.78, 5) is 33.8. The molecule has 0 bridgehead atoms. The van der Waals surface area contributed by atoms with Gasteiger partial charge in [-0.2, -0.15) is 0 Å². The molecule has 0 spiro atoms. The monoisotopic (exact) mass is 503 g/mol. The van der Waals surface area contributed by atoms with Crippen LogP contribution in [0.5, 0.6) is 0 Å². The van der Waals surface area contributed by atoms with Gasteiger partial charge in [-0.3, -0.25) is 9.59 Å². The third-order valence-electron chi connectivity index (χ3n) is 7.50. The lowest BCUT2D eigenvalue weighted by atomic mass is 10.1. The maximum absolute atomic E-state index is 13.9. The average molecular weight is 504 g/mol. The van der Waals surface area contributed by atoms with Gasteiger partial charge in [0.25, 0.3) is 11.8 Å². The van der Waals surface area contributed by atoms with E-state index in [0.29, 0.717) is 28.5 Å². The van der Waals surface area contributed by atoms with Gasteiger partial charge in [-0.1, -0.05) is 41.7 Å². The van der Waals surface area contributed by atoms with E-state index < -0.39 is 0 Å². The highest BCUT2D eigenvalue weighted by Crippen LogP contribution is 2.49. The Morgan fingerprint density at radius 1 is 1.19 bits per heavy atom. The van der Waals surface area contributed by atoms with Crippen LogP contribution in [-0.4, -0.2) is 44.9 Å². The fourth-order valence-corrected chi connectivity index (χ4v) is 6.41. The molecule has 1 aliphatic carbocycles. The number of anilines is 1. The first-order valence-corrected chi connectivity index (χ1v) is 12.8. The van der Waals surface area contributed by atoms with Gasteiger partial charge in [0.2, 0.25) is 0 Å². The molecule has 2 amide bonds. The number of thiazole rings is 1. The number of carbonyl (C=O) groups is 2. The molecule has 2 aliphatic rings. The number of likely N-dealkylation sites (tertiary alicyclic amines) is 1. The van der Waals surface area contributed by atoms with E-state index in [4.69, 9.17) is 5.73 Å². The van der Waals surface area contributed by atoms with E-state index in [0.717, 1.165) is 29.4 Å². The number of nitrogens with zero attached hydrogens (tertiary/aromatic N) is 3. The van der Waals surface area contributed by atoms with Crippen molar-refractivity contribution >= 4 is 39.2 Å². The van der Waals surface area contributed by atoms with E-state index in [9.17, 15) is 14.0 Å². The second-order valence-corrected chi connectivity index (χ2v) is 10.7. The molecule has 3 atom stereocenters.